The third-order valence-electron chi connectivity index (χ3n) is 3.72. The van der Waals surface area contributed by atoms with E-state index in [1.165, 1.54) is 0 Å². The zero-order chi connectivity index (χ0) is 19.6. The molecule has 4 nitrogen and oxygen atoms in total. The number of benzene rings is 2. The van der Waals surface area contributed by atoms with Gasteiger partial charge in [0.25, 0.3) is 5.91 Å². The van der Waals surface area contributed by atoms with Crippen LogP contribution in [0.15, 0.2) is 53.4 Å². The average molecular weight is 393 g/mol. The summed E-state index contributed by atoms with van der Waals surface area (Å²) < 4.78 is 31.5. The van der Waals surface area contributed by atoms with Crippen LogP contribution < -0.4 is 5.32 Å². The molecule has 0 aromatic heterocycles. The maximum Gasteiger partial charge on any atom is 0.316 e. The second kappa shape index (κ2) is 10.7. The summed E-state index contributed by atoms with van der Waals surface area (Å²) in [5.74, 6) is -2.50. The van der Waals surface area contributed by atoms with Crippen molar-refractivity contribution >= 4 is 23.6 Å². The molecule has 2 rings (SSSR count). The third kappa shape index (κ3) is 7.02. The minimum absolute atomic E-state index is 0.0171. The average Bonchev–Trinajstić information content (AvgIpc) is 2.67. The van der Waals surface area contributed by atoms with Crippen molar-refractivity contribution in [3.8, 4) is 0 Å². The number of ether oxygens (including phenoxy) is 1. The summed E-state index contributed by atoms with van der Waals surface area (Å²) in [6.45, 7) is 1.60. The number of hydrogen-bond acceptors (Lipinski definition) is 4. The fraction of sp³-hybridized carbons (Fsp3) is 0.300. The summed E-state index contributed by atoms with van der Waals surface area (Å²) in [6, 6.07) is 12.4. The third-order valence-corrected chi connectivity index (χ3v) is 4.72. The van der Waals surface area contributed by atoms with Crippen LogP contribution in [-0.2, 0) is 14.3 Å². The minimum Gasteiger partial charge on any atom is -0.455 e. The van der Waals surface area contributed by atoms with Gasteiger partial charge in [-0.15, -0.1) is 11.8 Å². The number of amides is 1. The van der Waals surface area contributed by atoms with Gasteiger partial charge >= 0.3 is 5.97 Å². The molecule has 0 fully saturated rings. The molecule has 27 heavy (non-hydrogen) atoms. The first-order valence-corrected chi connectivity index (χ1v) is 9.56. The van der Waals surface area contributed by atoms with Crippen molar-refractivity contribution in [2.45, 2.75) is 30.7 Å². The Morgan fingerprint density at radius 1 is 1.15 bits per heavy atom. The predicted octanol–water partition coefficient (Wildman–Crippen LogP) is 4.26. The summed E-state index contributed by atoms with van der Waals surface area (Å²) >= 11 is 0.819. The lowest BCUT2D eigenvalue weighted by molar-refractivity contribution is -0.146. The summed E-state index contributed by atoms with van der Waals surface area (Å²) in [5.41, 5.74) is 0.983. The Bertz CT molecular complexity index is 771. The van der Waals surface area contributed by atoms with Crippen LogP contribution in [0, 0.1) is 11.6 Å². The van der Waals surface area contributed by atoms with Crippen LogP contribution in [0.3, 0.4) is 0 Å². The van der Waals surface area contributed by atoms with Gasteiger partial charge in [-0.2, -0.15) is 0 Å². The maximum absolute atomic E-state index is 13.5. The van der Waals surface area contributed by atoms with Crippen LogP contribution >= 0.6 is 11.8 Å². The van der Waals surface area contributed by atoms with Gasteiger partial charge in [-0.05, 0) is 30.2 Å². The van der Waals surface area contributed by atoms with Crippen molar-refractivity contribution in [1.29, 1.82) is 0 Å². The lowest BCUT2D eigenvalue weighted by atomic mass is 10.0. The molecule has 2 aromatic carbocycles. The van der Waals surface area contributed by atoms with Crippen LogP contribution in [0.25, 0.3) is 0 Å². The Morgan fingerprint density at radius 3 is 2.59 bits per heavy atom. The highest BCUT2D eigenvalue weighted by atomic mass is 32.2. The lowest BCUT2D eigenvalue weighted by Gasteiger charge is -2.18. The first-order valence-electron chi connectivity index (χ1n) is 8.57. The van der Waals surface area contributed by atoms with Crippen molar-refractivity contribution in [2.75, 3.05) is 12.4 Å². The molecule has 1 amide bonds. The van der Waals surface area contributed by atoms with Gasteiger partial charge in [0.1, 0.15) is 11.6 Å². The maximum atomic E-state index is 13.5. The molecule has 0 spiro atoms. The molecule has 7 heteroatoms. The smallest absolute Gasteiger partial charge is 0.316 e. The van der Waals surface area contributed by atoms with Crippen LogP contribution in [-0.4, -0.2) is 24.2 Å². The number of rotatable bonds is 9. The van der Waals surface area contributed by atoms with Crippen LogP contribution in [0.5, 0.6) is 0 Å². The Morgan fingerprint density at radius 2 is 1.89 bits per heavy atom. The number of nitrogens with one attached hydrogen (secondary N) is 1. The van der Waals surface area contributed by atoms with E-state index in [4.69, 9.17) is 4.74 Å². The molecule has 0 bridgehead atoms. The van der Waals surface area contributed by atoms with E-state index in [0.717, 1.165) is 48.4 Å². The van der Waals surface area contributed by atoms with E-state index in [2.05, 4.69) is 5.32 Å². The fourth-order valence-corrected chi connectivity index (χ4v) is 3.20. The molecular weight excluding hydrogens is 372 g/mol. The number of carbonyl (C=O) groups excluding carboxylic acids is 2. The molecule has 0 radical (unpaired) electrons. The molecule has 0 aliphatic heterocycles. The molecular formula is C20H21F2NO3S. The fourth-order valence-electron chi connectivity index (χ4n) is 2.44. The van der Waals surface area contributed by atoms with Gasteiger partial charge < -0.3 is 10.1 Å². The summed E-state index contributed by atoms with van der Waals surface area (Å²) in [4.78, 5) is 23.9. The van der Waals surface area contributed by atoms with E-state index in [0.29, 0.717) is 0 Å². The van der Waals surface area contributed by atoms with Crippen LogP contribution in [0.2, 0.25) is 0 Å². The van der Waals surface area contributed by atoms with E-state index in [9.17, 15) is 18.4 Å². The van der Waals surface area contributed by atoms with E-state index in [1.54, 1.807) is 0 Å². The SMILES string of the molecule is CCC[C@@H](NC(=O)COC(=O)CSc1cc(F)ccc1F)c1ccccc1. The van der Waals surface area contributed by atoms with Crippen LogP contribution in [0.1, 0.15) is 31.4 Å². The van der Waals surface area contributed by atoms with Crippen molar-refractivity contribution in [3.63, 3.8) is 0 Å². The zero-order valence-corrected chi connectivity index (χ0v) is 15.7. The highest BCUT2D eigenvalue weighted by molar-refractivity contribution is 8.00. The van der Waals surface area contributed by atoms with E-state index < -0.39 is 30.1 Å². The molecule has 0 aliphatic rings. The first-order chi connectivity index (χ1) is 13.0. The van der Waals surface area contributed by atoms with Gasteiger partial charge in [0, 0.05) is 4.90 Å². The Kier molecular flexibility index (Phi) is 8.26. The summed E-state index contributed by atoms with van der Waals surface area (Å²) in [6.07, 6.45) is 1.65. The molecule has 1 N–H and O–H groups in total. The second-order valence-electron chi connectivity index (χ2n) is 5.84. The molecule has 0 heterocycles. The molecule has 2 aromatic rings. The Labute approximate surface area is 161 Å². The summed E-state index contributed by atoms with van der Waals surface area (Å²) in [7, 11) is 0. The molecule has 0 saturated heterocycles. The van der Waals surface area contributed by atoms with E-state index in [1.807, 2.05) is 37.3 Å². The topological polar surface area (TPSA) is 55.4 Å². The Hall–Kier alpha value is -2.41. The first kappa shape index (κ1) is 20.9. The molecule has 0 unspecified atom stereocenters. The number of halogens is 2. The largest absolute Gasteiger partial charge is 0.455 e. The van der Waals surface area contributed by atoms with Gasteiger partial charge in [0.2, 0.25) is 0 Å². The monoisotopic (exact) mass is 393 g/mol. The molecule has 144 valence electrons. The van der Waals surface area contributed by atoms with Crippen molar-refractivity contribution < 1.29 is 23.1 Å². The second-order valence-corrected chi connectivity index (χ2v) is 6.86. The lowest BCUT2D eigenvalue weighted by Crippen LogP contribution is -2.32. The zero-order valence-electron chi connectivity index (χ0n) is 14.9. The molecule has 0 saturated carbocycles. The van der Waals surface area contributed by atoms with Gasteiger partial charge in [-0.1, -0.05) is 43.7 Å². The predicted molar refractivity (Wildman–Crippen MR) is 100 cm³/mol. The minimum atomic E-state index is -0.675. The van der Waals surface area contributed by atoms with E-state index >= 15 is 0 Å². The number of carbonyl (C=O) groups is 2. The van der Waals surface area contributed by atoms with E-state index in [-0.39, 0.29) is 16.7 Å². The molecule has 0 aliphatic carbocycles. The molecule has 1 atom stereocenters. The van der Waals surface area contributed by atoms with Crippen molar-refractivity contribution in [1.82, 2.24) is 5.32 Å². The van der Waals surface area contributed by atoms with Gasteiger partial charge in [0.15, 0.2) is 6.61 Å². The quantitative estimate of drug-likeness (QED) is 0.511. The van der Waals surface area contributed by atoms with Gasteiger partial charge in [-0.3, -0.25) is 9.59 Å². The standard InChI is InChI=1S/C20H21F2NO3S/c1-2-6-17(14-7-4-3-5-8-14)23-19(24)12-26-20(25)13-27-18-11-15(21)9-10-16(18)22/h3-5,7-11,17H,2,6,12-13H2,1H3,(H,23,24)/t17-/m1/s1. The van der Waals surface area contributed by atoms with Crippen molar-refractivity contribution in [3.05, 3.63) is 65.7 Å². The highest BCUT2D eigenvalue weighted by Gasteiger charge is 2.15. The number of hydrogen-bond donors (Lipinski definition) is 1. The Balaban J connectivity index is 1.80. The van der Waals surface area contributed by atoms with Crippen LogP contribution in [0.4, 0.5) is 8.78 Å². The normalized spacial score (nSPS) is 11.7. The number of esters is 1. The highest BCUT2D eigenvalue weighted by Crippen LogP contribution is 2.22. The van der Waals surface area contributed by atoms with Crippen molar-refractivity contribution in [2.24, 2.45) is 0 Å². The van der Waals surface area contributed by atoms with Gasteiger partial charge in [0.05, 0.1) is 11.8 Å². The van der Waals surface area contributed by atoms with Gasteiger partial charge in [-0.25, -0.2) is 8.78 Å². The summed E-state index contributed by atoms with van der Waals surface area (Å²) in [5, 5.41) is 2.85. The number of thioether (sulfide) groups is 1.